The highest BCUT2D eigenvalue weighted by atomic mass is 35.5. The molecule has 0 aromatic rings. The van der Waals surface area contributed by atoms with Crippen LogP contribution in [0.4, 0.5) is 18.0 Å². The molecule has 1 aliphatic carbocycles. The average Bonchev–Trinajstić information content (AvgIpc) is 2.70. The molecule has 7 nitrogen and oxygen atoms in total. The van der Waals surface area contributed by atoms with E-state index < -0.39 is 48.0 Å². The molecule has 1 saturated heterocycles. The second-order valence-corrected chi connectivity index (χ2v) is 8.74. The Balaban J connectivity index is 1.72. The molecular weight excluding hydrogens is 439 g/mol. The molecule has 4 atom stereocenters. The van der Waals surface area contributed by atoms with E-state index in [2.05, 4.69) is 5.32 Å². The van der Waals surface area contributed by atoms with Crippen LogP contribution in [0.1, 0.15) is 45.4 Å². The van der Waals surface area contributed by atoms with Gasteiger partial charge in [0.25, 0.3) is 0 Å². The highest BCUT2D eigenvalue weighted by Gasteiger charge is 2.56. The number of hydrogen-bond donors (Lipinski definition) is 3. The monoisotopic (exact) mass is 463 g/mol. The first-order valence-electron chi connectivity index (χ1n) is 10.3. The van der Waals surface area contributed by atoms with Crippen LogP contribution in [0.2, 0.25) is 0 Å². The number of aliphatic carboxylic acids is 1. The minimum absolute atomic E-state index is 0.000838. The Labute approximate surface area is 182 Å². The Kier molecular flexibility index (Phi) is 6.88. The molecule has 2 aliphatic heterocycles. The lowest BCUT2D eigenvalue weighted by molar-refractivity contribution is -0.172. The predicted octanol–water partition coefficient (Wildman–Crippen LogP) is 3.51. The van der Waals surface area contributed by atoms with E-state index in [-0.39, 0.29) is 12.5 Å². The molecule has 1 saturated carbocycles. The van der Waals surface area contributed by atoms with E-state index in [1.54, 1.807) is 12.3 Å². The quantitative estimate of drug-likeness (QED) is 0.542. The molecule has 172 valence electrons. The highest BCUT2D eigenvalue weighted by molar-refractivity contribution is 6.30. The Morgan fingerprint density at radius 3 is 2.52 bits per heavy atom. The van der Waals surface area contributed by atoms with Crippen LogP contribution in [-0.2, 0) is 9.59 Å². The number of nitrogens with one attached hydrogen (secondary N) is 2. The fourth-order valence-electron chi connectivity index (χ4n) is 4.42. The summed E-state index contributed by atoms with van der Waals surface area (Å²) in [6.45, 7) is 1.82. The van der Waals surface area contributed by atoms with Crippen molar-refractivity contribution in [3.8, 4) is 0 Å². The maximum atomic E-state index is 13.6. The third-order valence-corrected chi connectivity index (χ3v) is 6.59. The summed E-state index contributed by atoms with van der Waals surface area (Å²) in [7, 11) is 0. The number of carboxylic acid groups (broad SMARTS) is 1. The van der Waals surface area contributed by atoms with Gasteiger partial charge in [0.1, 0.15) is 6.04 Å². The zero-order chi connectivity index (χ0) is 22.9. The number of rotatable bonds is 5. The number of β-lactam (4-membered cyclic amide) rings is 1. The van der Waals surface area contributed by atoms with E-state index in [1.165, 1.54) is 0 Å². The third-order valence-electron chi connectivity index (χ3n) is 6.15. The second-order valence-electron chi connectivity index (χ2n) is 8.31. The summed E-state index contributed by atoms with van der Waals surface area (Å²) < 4.78 is 40.8. The number of nitrogens with zero attached hydrogens (tertiary/aromatic N) is 1. The molecule has 2 heterocycles. The molecule has 3 rings (SSSR count). The number of hydrogen-bond acceptors (Lipinski definition) is 4. The van der Waals surface area contributed by atoms with Gasteiger partial charge in [0, 0.05) is 11.2 Å². The molecular formula is C20H25ClF3N3O4. The molecule has 0 bridgehead atoms. The smallest absolute Gasteiger partial charge is 0.408 e. The van der Waals surface area contributed by atoms with Gasteiger partial charge in [-0.15, -0.1) is 0 Å². The first kappa shape index (κ1) is 23.4. The lowest BCUT2D eigenvalue weighted by Crippen LogP contribution is -2.69. The van der Waals surface area contributed by atoms with Crippen LogP contribution in [0.25, 0.3) is 0 Å². The Hall–Kier alpha value is -2.23. The van der Waals surface area contributed by atoms with Crippen molar-refractivity contribution in [1.82, 2.24) is 15.5 Å². The number of alkyl halides is 3. The first-order chi connectivity index (χ1) is 14.5. The lowest BCUT2D eigenvalue weighted by Gasteiger charge is -2.44. The average molecular weight is 464 g/mol. The van der Waals surface area contributed by atoms with E-state index in [4.69, 9.17) is 11.6 Å². The van der Waals surface area contributed by atoms with E-state index in [0.29, 0.717) is 41.2 Å². The fourth-order valence-corrected chi connectivity index (χ4v) is 4.62. The summed E-state index contributed by atoms with van der Waals surface area (Å²) in [5, 5.41) is 14.9. The van der Waals surface area contributed by atoms with Crippen molar-refractivity contribution >= 4 is 29.5 Å². The van der Waals surface area contributed by atoms with Crippen LogP contribution in [-0.4, -0.2) is 52.2 Å². The molecule has 0 spiro atoms. The molecule has 11 heteroatoms. The molecule has 2 fully saturated rings. The molecule has 2 unspecified atom stereocenters. The van der Waals surface area contributed by atoms with Crippen molar-refractivity contribution < 1.29 is 32.7 Å². The van der Waals surface area contributed by atoms with Gasteiger partial charge < -0.3 is 15.7 Å². The zero-order valence-corrected chi connectivity index (χ0v) is 17.7. The van der Waals surface area contributed by atoms with Crippen molar-refractivity contribution in [1.29, 1.82) is 0 Å². The van der Waals surface area contributed by atoms with Crippen LogP contribution in [0.3, 0.4) is 0 Å². The summed E-state index contributed by atoms with van der Waals surface area (Å²) in [5.74, 6) is -4.13. The first-order valence-corrected chi connectivity index (χ1v) is 10.6. The van der Waals surface area contributed by atoms with Gasteiger partial charge in [-0.25, -0.2) is 14.5 Å². The van der Waals surface area contributed by atoms with Crippen LogP contribution in [0.5, 0.6) is 0 Å². The van der Waals surface area contributed by atoms with E-state index in [9.17, 15) is 32.7 Å². The molecule has 0 radical (unpaired) electrons. The van der Waals surface area contributed by atoms with Crippen molar-refractivity contribution in [3.63, 3.8) is 0 Å². The normalized spacial score (nSPS) is 28.1. The van der Waals surface area contributed by atoms with Gasteiger partial charge in [-0.1, -0.05) is 30.9 Å². The van der Waals surface area contributed by atoms with Gasteiger partial charge >= 0.3 is 18.2 Å². The van der Waals surface area contributed by atoms with Crippen molar-refractivity contribution in [3.05, 3.63) is 22.9 Å². The third kappa shape index (κ3) is 4.99. The highest BCUT2D eigenvalue weighted by Crippen LogP contribution is 2.37. The van der Waals surface area contributed by atoms with Crippen LogP contribution in [0.15, 0.2) is 22.9 Å². The summed E-state index contributed by atoms with van der Waals surface area (Å²) in [6, 6.07) is -5.10. The standard InChI is InChI=1S/C20H25ClF3N3O4/c1-10-14(21)8-11(9-25-10)7-13-15(18(29)30)27(17(13)28)19(31)26-16(20(22,23)24)12-5-3-2-4-6-12/h8-10,12-13,15-16,25H,2-7H2,1H3,(H,26,31)(H,29,30)/t10?,13-,15+,16?/m1/s1. The van der Waals surface area contributed by atoms with Crippen molar-refractivity contribution in [2.75, 3.05) is 0 Å². The number of dihydropyridines is 1. The molecule has 3 N–H and O–H groups in total. The zero-order valence-electron chi connectivity index (χ0n) is 16.9. The minimum Gasteiger partial charge on any atom is -0.480 e. The molecule has 0 aromatic carbocycles. The lowest BCUT2D eigenvalue weighted by atomic mass is 9.81. The molecule has 31 heavy (non-hydrogen) atoms. The van der Waals surface area contributed by atoms with Gasteiger partial charge in [0.15, 0.2) is 6.04 Å². The van der Waals surface area contributed by atoms with Crippen molar-refractivity contribution in [2.45, 2.75) is 69.8 Å². The number of urea groups is 1. The fraction of sp³-hybridized carbons (Fsp3) is 0.650. The van der Waals surface area contributed by atoms with Gasteiger partial charge in [-0.2, -0.15) is 13.2 Å². The maximum absolute atomic E-state index is 13.6. The number of carbonyl (C=O) groups excluding carboxylic acids is 2. The minimum atomic E-state index is -4.69. The van der Waals surface area contributed by atoms with Gasteiger partial charge in [-0.3, -0.25) is 4.79 Å². The number of amides is 3. The van der Waals surface area contributed by atoms with Crippen molar-refractivity contribution in [2.24, 2.45) is 11.8 Å². The van der Waals surface area contributed by atoms with Gasteiger partial charge in [0.05, 0.1) is 12.0 Å². The number of halogens is 4. The molecule has 0 aromatic heterocycles. The molecule has 3 amide bonds. The Bertz CT molecular complexity index is 808. The number of carbonyl (C=O) groups is 3. The van der Waals surface area contributed by atoms with Gasteiger partial charge in [0.2, 0.25) is 5.91 Å². The SMILES string of the molecule is CC1NC=C(C[C@H]2C(=O)N(C(=O)NC(C3CCCCC3)C(F)(F)F)[C@@H]2C(=O)O)C=C1Cl. The van der Waals surface area contributed by atoms with Crippen LogP contribution in [0, 0.1) is 11.8 Å². The Morgan fingerprint density at radius 2 is 1.97 bits per heavy atom. The van der Waals surface area contributed by atoms with E-state index >= 15 is 0 Å². The largest absolute Gasteiger partial charge is 0.480 e. The summed E-state index contributed by atoms with van der Waals surface area (Å²) >= 11 is 6.07. The topological polar surface area (TPSA) is 98.7 Å². The number of allylic oxidation sites excluding steroid dienone is 2. The Morgan fingerprint density at radius 1 is 1.32 bits per heavy atom. The molecule has 3 aliphatic rings. The maximum Gasteiger partial charge on any atom is 0.408 e. The second kappa shape index (κ2) is 9.10. The van der Waals surface area contributed by atoms with E-state index in [1.807, 2.05) is 12.2 Å². The van der Waals surface area contributed by atoms with Crippen LogP contribution < -0.4 is 10.6 Å². The van der Waals surface area contributed by atoms with E-state index in [0.717, 1.165) is 6.42 Å². The summed E-state index contributed by atoms with van der Waals surface area (Å²) in [6.07, 6.45) is 1.26. The summed E-state index contributed by atoms with van der Waals surface area (Å²) in [4.78, 5) is 37.2. The number of imide groups is 1. The predicted molar refractivity (Wildman–Crippen MR) is 106 cm³/mol. The summed E-state index contributed by atoms with van der Waals surface area (Å²) in [5.41, 5.74) is 0.572. The van der Waals surface area contributed by atoms with Crippen LogP contribution >= 0.6 is 11.6 Å². The number of carboxylic acids is 1. The number of likely N-dealkylation sites (tertiary alicyclic amines) is 1. The van der Waals surface area contributed by atoms with Gasteiger partial charge in [-0.05, 0) is 43.8 Å².